The van der Waals surface area contributed by atoms with Crippen LogP contribution in [0.15, 0.2) is 18.2 Å². The van der Waals surface area contributed by atoms with Gasteiger partial charge in [-0.15, -0.1) is 0 Å². The molecule has 0 heterocycles. The molecule has 0 aromatic heterocycles. The standard InChI is InChI=1S/C17H27NO/c1-14-7-8-15(2)16(11-14)12-18-13-17(19)9-5-3-4-6-10-17/h7-8,11,18-19H,3-6,9-10,12-13H2,1-2H3. The molecule has 0 aliphatic heterocycles. The SMILES string of the molecule is Cc1ccc(C)c(CNCC2(O)CCCCCC2)c1. The van der Waals surface area contributed by atoms with Gasteiger partial charge in [0.1, 0.15) is 0 Å². The van der Waals surface area contributed by atoms with Crippen LogP contribution in [0.25, 0.3) is 0 Å². The minimum absolute atomic E-state index is 0.478. The van der Waals surface area contributed by atoms with Crippen molar-refractivity contribution in [2.45, 2.75) is 64.5 Å². The first kappa shape index (κ1) is 14.5. The Bertz CT molecular complexity index is 406. The maximum Gasteiger partial charge on any atom is 0.0771 e. The molecular weight excluding hydrogens is 234 g/mol. The Kier molecular flexibility index (Phi) is 5.00. The predicted octanol–water partition coefficient (Wildman–Crippen LogP) is 3.48. The van der Waals surface area contributed by atoms with Crippen molar-refractivity contribution in [3.8, 4) is 0 Å². The molecule has 0 saturated heterocycles. The monoisotopic (exact) mass is 261 g/mol. The third kappa shape index (κ3) is 4.32. The summed E-state index contributed by atoms with van der Waals surface area (Å²) in [6, 6.07) is 6.56. The van der Waals surface area contributed by atoms with Crippen LogP contribution < -0.4 is 5.32 Å². The molecule has 2 rings (SSSR count). The van der Waals surface area contributed by atoms with Gasteiger partial charge in [-0.25, -0.2) is 0 Å². The minimum Gasteiger partial charge on any atom is -0.389 e. The first-order valence-electron chi connectivity index (χ1n) is 7.58. The van der Waals surface area contributed by atoms with Crippen LogP contribution >= 0.6 is 0 Å². The Balaban J connectivity index is 1.86. The summed E-state index contributed by atoms with van der Waals surface area (Å²) in [5, 5.41) is 14.0. The Hall–Kier alpha value is -0.860. The van der Waals surface area contributed by atoms with Gasteiger partial charge in [-0.3, -0.25) is 0 Å². The van der Waals surface area contributed by atoms with Gasteiger partial charge in [0.15, 0.2) is 0 Å². The van der Waals surface area contributed by atoms with Crippen LogP contribution in [0, 0.1) is 13.8 Å². The molecule has 0 spiro atoms. The fourth-order valence-electron chi connectivity index (χ4n) is 2.98. The highest BCUT2D eigenvalue weighted by atomic mass is 16.3. The molecule has 106 valence electrons. The summed E-state index contributed by atoms with van der Waals surface area (Å²) < 4.78 is 0. The summed E-state index contributed by atoms with van der Waals surface area (Å²) >= 11 is 0. The summed E-state index contributed by atoms with van der Waals surface area (Å²) in [5.74, 6) is 0. The van der Waals surface area contributed by atoms with Crippen molar-refractivity contribution in [2.24, 2.45) is 0 Å². The van der Waals surface area contributed by atoms with E-state index in [1.165, 1.54) is 42.4 Å². The molecule has 0 unspecified atom stereocenters. The number of aliphatic hydroxyl groups is 1. The van der Waals surface area contributed by atoms with E-state index in [4.69, 9.17) is 0 Å². The third-order valence-corrected chi connectivity index (χ3v) is 4.31. The minimum atomic E-state index is -0.478. The molecule has 2 heteroatoms. The van der Waals surface area contributed by atoms with Crippen molar-refractivity contribution >= 4 is 0 Å². The average molecular weight is 261 g/mol. The van der Waals surface area contributed by atoms with E-state index in [1.54, 1.807) is 0 Å². The highest BCUT2D eigenvalue weighted by Gasteiger charge is 2.27. The van der Waals surface area contributed by atoms with Gasteiger partial charge in [0.05, 0.1) is 5.60 Å². The molecular formula is C17H27NO. The molecule has 1 aliphatic carbocycles. The molecule has 1 aliphatic rings. The zero-order valence-electron chi connectivity index (χ0n) is 12.3. The van der Waals surface area contributed by atoms with Crippen molar-refractivity contribution in [3.63, 3.8) is 0 Å². The van der Waals surface area contributed by atoms with Crippen molar-refractivity contribution < 1.29 is 5.11 Å². The van der Waals surface area contributed by atoms with E-state index >= 15 is 0 Å². The van der Waals surface area contributed by atoms with E-state index in [0.717, 1.165) is 25.9 Å². The average Bonchev–Trinajstić information content (AvgIpc) is 2.59. The van der Waals surface area contributed by atoms with Gasteiger partial charge in [-0.1, -0.05) is 49.4 Å². The summed E-state index contributed by atoms with van der Waals surface area (Å²) in [5.41, 5.74) is 3.49. The lowest BCUT2D eigenvalue weighted by Crippen LogP contribution is -2.40. The summed E-state index contributed by atoms with van der Waals surface area (Å²) in [7, 11) is 0. The molecule has 0 bridgehead atoms. The van der Waals surface area contributed by atoms with Gasteiger partial charge < -0.3 is 10.4 Å². The second-order valence-corrected chi connectivity index (χ2v) is 6.17. The highest BCUT2D eigenvalue weighted by molar-refractivity contribution is 5.30. The smallest absolute Gasteiger partial charge is 0.0771 e. The molecule has 0 amide bonds. The van der Waals surface area contributed by atoms with E-state index in [1.807, 2.05) is 0 Å². The molecule has 1 fully saturated rings. The number of nitrogens with one attached hydrogen (secondary N) is 1. The predicted molar refractivity (Wildman–Crippen MR) is 80.3 cm³/mol. The van der Waals surface area contributed by atoms with E-state index < -0.39 is 5.60 Å². The van der Waals surface area contributed by atoms with E-state index in [2.05, 4.69) is 37.4 Å². The van der Waals surface area contributed by atoms with E-state index in [0.29, 0.717) is 0 Å². The van der Waals surface area contributed by atoms with Gasteiger partial charge in [-0.05, 0) is 37.8 Å². The molecule has 19 heavy (non-hydrogen) atoms. The summed E-state index contributed by atoms with van der Waals surface area (Å²) in [6.45, 7) is 5.86. The second-order valence-electron chi connectivity index (χ2n) is 6.17. The third-order valence-electron chi connectivity index (χ3n) is 4.31. The van der Waals surface area contributed by atoms with Crippen LogP contribution in [0.2, 0.25) is 0 Å². The lowest BCUT2D eigenvalue weighted by atomic mass is 9.94. The Morgan fingerprint density at radius 3 is 2.47 bits per heavy atom. The van der Waals surface area contributed by atoms with Gasteiger partial charge in [-0.2, -0.15) is 0 Å². The van der Waals surface area contributed by atoms with Crippen LogP contribution in [0.1, 0.15) is 55.2 Å². The molecule has 1 aromatic rings. The van der Waals surface area contributed by atoms with Crippen LogP contribution in [-0.2, 0) is 6.54 Å². The number of hydrogen-bond donors (Lipinski definition) is 2. The first-order chi connectivity index (χ1) is 9.09. The lowest BCUT2D eigenvalue weighted by Gasteiger charge is -2.27. The van der Waals surface area contributed by atoms with Gasteiger partial charge in [0.25, 0.3) is 0 Å². The maximum absolute atomic E-state index is 10.6. The van der Waals surface area contributed by atoms with Crippen molar-refractivity contribution in [2.75, 3.05) is 6.54 Å². The second kappa shape index (κ2) is 6.53. The highest BCUT2D eigenvalue weighted by Crippen LogP contribution is 2.26. The number of aryl methyl sites for hydroxylation is 2. The summed E-state index contributed by atoms with van der Waals surface area (Å²) in [6.07, 6.45) is 6.79. The maximum atomic E-state index is 10.6. The first-order valence-corrected chi connectivity index (χ1v) is 7.58. The molecule has 1 aromatic carbocycles. The summed E-state index contributed by atoms with van der Waals surface area (Å²) in [4.78, 5) is 0. The molecule has 1 saturated carbocycles. The van der Waals surface area contributed by atoms with Crippen molar-refractivity contribution in [1.82, 2.24) is 5.32 Å². The van der Waals surface area contributed by atoms with Gasteiger partial charge in [0, 0.05) is 13.1 Å². The normalized spacial score (nSPS) is 19.1. The molecule has 2 nitrogen and oxygen atoms in total. The van der Waals surface area contributed by atoms with Crippen molar-refractivity contribution in [3.05, 3.63) is 34.9 Å². The fourth-order valence-corrected chi connectivity index (χ4v) is 2.98. The van der Waals surface area contributed by atoms with Crippen LogP contribution in [-0.4, -0.2) is 17.3 Å². The Labute approximate surface area is 117 Å². The lowest BCUT2D eigenvalue weighted by molar-refractivity contribution is 0.0250. The van der Waals surface area contributed by atoms with Crippen LogP contribution in [0.4, 0.5) is 0 Å². The van der Waals surface area contributed by atoms with Gasteiger partial charge >= 0.3 is 0 Å². The fraction of sp³-hybridized carbons (Fsp3) is 0.647. The Morgan fingerprint density at radius 1 is 1.11 bits per heavy atom. The number of benzene rings is 1. The quantitative estimate of drug-likeness (QED) is 0.813. The van der Waals surface area contributed by atoms with E-state index in [9.17, 15) is 5.11 Å². The molecule has 0 atom stereocenters. The Morgan fingerprint density at radius 2 is 1.79 bits per heavy atom. The van der Waals surface area contributed by atoms with Gasteiger partial charge in [0.2, 0.25) is 0 Å². The molecule has 2 N–H and O–H groups in total. The zero-order chi connectivity index (χ0) is 13.7. The van der Waals surface area contributed by atoms with E-state index in [-0.39, 0.29) is 0 Å². The van der Waals surface area contributed by atoms with Crippen LogP contribution in [0.5, 0.6) is 0 Å². The number of rotatable bonds is 4. The molecule has 0 radical (unpaired) electrons. The zero-order valence-corrected chi connectivity index (χ0v) is 12.3. The van der Waals surface area contributed by atoms with Crippen LogP contribution in [0.3, 0.4) is 0 Å². The largest absolute Gasteiger partial charge is 0.389 e. The number of hydrogen-bond acceptors (Lipinski definition) is 2. The topological polar surface area (TPSA) is 32.3 Å². The van der Waals surface area contributed by atoms with Crippen molar-refractivity contribution in [1.29, 1.82) is 0 Å².